The third kappa shape index (κ3) is 3.71. The summed E-state index contributed by atoms with van der Waals surface area (Å²) in [5, 5.41) is 0. The molecule has 0 fully saturated rings. The van der Waals surface area contributed by atoms with Gasteiger partial charge in [-0.1, -0.05) is 18.2 Å². The minimum atomic E-state index is -0.407. The summed E-state index contributed by atoms with van der Waals surface area (Å²) in [5.41, 5.74) is 11.5. The monoisotopic (exact) mass is 298 g/mol. The lowest BCUT2D eigenvalue weighted by molar-refractivity contribution is -0.143. The molecule has 116 valence electrons. The first kappa shape index (κ1) is 16.2. The summed E-state index contributed by atoms with van der Waals surface area (Å²) in [6, 6.07) is 7.79. The van der Waals surface area contributed by atoms with E-state index in [1.807, 2.05) is 18.3 Å². The van der Waals surface area contributed by atoms with E-state index in [2.05, 4.69) is 31.0 Å². The molecular weight excluding hydrogens is 276 g/mol. The van der Waals surface area contributed by atoms with E-state index in [1.54, 1.807) is 13.1 Å². The van der Waals surface area contributed by atoms with Gasteiger partial charge >= 0.3 is 5.97 Å². The van der Waals surface area contributed by atoms with E-state index >= 15 is 0 Å². The summed E-state index contributed by atoms with van der Waals surface area (Å²) in [6.07, 6.45) is 3.70. The van der Waals surface area contributed by atoms with Crippen LogP contribution >= 0.6 is 0 Å². The molecule has 0 radical (unpaired) electrons. The fourth-order valence-corrected chi connectivity index (χ4v) is 2.58. The zero-order valence-corrected chi connectivity index (χ0v) is 13.3. The van der Waals surface area contributed by atoms with Gasteiger partial charge in [-0.25, -0.2) is 0 Å². The highest BCUT2D eigenvalue weighted by Gasteiger charge is 2.14. The highest BCUT2D eigenvalue weighted by Crippen LogP contribution is 2.28. The first-order valence-electron chi connectivity index (χ1n) is 7.45. The first-order chi connectivity index (χ1) is 10.5. The van der Waals surface area contributed by atoms with Crippen LogP contribution in [0.2, 0.25) is 0 Å². The molecule has 1 heterocycles. The molecule has 2 rings (SSSR count). The molecule has 0 saturated heterocycles. The van der Waals surface area contributed by atoms with Crippen LogP contribution in [-0.2, 0) is 9.53 Å². The number of nitrogens with two attached hydrogens (primary N) is 1. The zero-order valence-electron chi connectivity index (χ0n) is 13.3. The van der Waals surface area contributed by atoms with Crippen molar-refractivity contribution in [1.29, 1.82) is 0 Å². The van der Waals surface area contributed by atoms with Gasteiger partial charge in [0.15, 0.2) is 0 Å². The molecule has 2 N–H and O–H groups in total. The minimum absolute atomic E-state index is 0.158. The number of hydrogen-bond donors (Lipinski definition) is 1. The van der Waals surface area contributed by atoms with Crippen molar-refractivity contribution < 1.29 is 9.53 Å². The molecule has 0 aliphatic heterocycles. The molecule has 0 spiro atoms. The number of carbonyl (C=O) groups is 1. The number of pyridine rings is 1. The van der Waals surface area contributed by atoms with Gasteiger partial charge in [0.1, 0.15) is 0 Å². The van der Waals surface area contributed by atoms with E-state index in [0.29, 0.717) is 6.61 Å². The smallest absolute Gasteiger partial charge is 0.307 e. The Morgan fingerprint density at radius 3 is 2.59 bits per heavy atom. The average molecular weight is 298 g/mol. The van der Waals surface area contributed by atoms with Gasteiger partial charge in [0.25, 0.3) is 0 Å². The number of aryl methyl sites for hydroxylation is 2. The molecule has 4 nitrogen and oxygen atoms in total. The topological polar surface area (TPSA) is 65.2 Å². The molecular formula is C18H22N2O2. The SMILES string of the molecule is CCOC(=O)C[C@@H](N)c1cncc(-c2c(C)cccc2C)c1. The van der Waals surface area contributed by atoms with Gasteiger partial charge in [-0.05, 0) is 49.1 Å². The Labute approximate surface area is 131 Å². The highest BCUT2D eigenvalue weighted by atomic mass is 16.5. The normalized spacial score (nSPS) is 12.0. The van der Waals surface area contributed by atoms with Gasteiger partial charge in [-0.2, -0.15) is 0 Å². The molecule has 0 amide bonds. The summed E-state index contributed by atoms with van der Waals surface area (Å²) in [5.74, 6) is -0.285. The van der Waals surface area contributed by atoms with Crippen LogP contribution in [0.3, 0.4) is 0 Å². The van der Waals surface area contributed by atoms with E-state index < -0.39 is 6.04 Å². The van der Waals surface area contributed by atoms with Gasteiger partial charge in [0, 0.05) is 24.0 Å². The molecule has 1 aromatic heterocycles. The second kappa shape index (κ2) is 7.18. The Morgan fingerprint density at radius 2 is 1.95 bits per heavy atom. The van der Waals surface area contributed by atoms with Gasteiger partial charge in [-0.3, -0.25) is 9.78 Å². The third-order valence-electron chi connectivity index (χ3n) is 3.65. The molecule has 2 aromatic rings. The quantitative estimate of drug-likeness (QED) is 0.860. The lowest BCUT2D eigenvalue weighted by Gasteiger charge is -2.14. The molecule has 1 atom stereocenters. The summed E-state index contributed by atoms with van der Waals surface area (Å²) < 4.78 is 4.95. The third-order valence-corrected chi connectivity index (χ3v) is 3.65. The van der Waals surface area contributed by atoms with Crippen molar-refractivity contribution in [2.45, 2.75) is 33.2 Å². The second-order valence-electron chi connectivity index (χ2n) is 5.39. The van der Waals surface area contributed by atoms with Crippen molar-refractivity contribution in [1.82, 2.24) is 4.98 Å². The van der Waals surface area contributed by atoms with Gasteiger partial charge in [-0.15, -0.1) is 0 Å². The standard InChI is InChI=1S/C18H22N2O2/c1-4-22-17(21)9-16(19)14-8-15(11-20-10-14)18-12(2)6-5-7-13(18)3/h5-8,10-11,16H,4,9,19H2,1-3H3/t16-/m1/s1. The molecule has 4 heteroatoms. The van der Waals surface area contributed by atoms with Gasteiger partial charge in [0.05, 0.1) is 13.0 Å². The lowest BCUT2D eigenvalue weighted by Crippen LogP contribution is -2.17. The predicted molar refractivity (Wildman–Crippen MR) is 87.3 cm³/mol. The van der Waals surface area contributed by atoms with Crippen molar-refractivity contribution in [3.05, 3.63) is 53.3 Å². The molecule has 1 aromatic carbocycles. The largest absolute Gasteiger partial charge is 0.466 e. The number of aromatic nitrogens is 1. The van der Waals surface area contributed by atoms with Crippen LogP contribution in [0, 0.1) is 13.8 Å². The summed E-state index contributed by atoms with van der Waals surface area (Å²) in [4.78, 5) is 15.9. The maximum Gasteiger partial charge on any atom is 0.307 e. The Hall–Kier alpha value is -2.20. The van der Waals surface area contributed by atoms with E-state index in [-0.39, 0.29) is 12.4 Å². The van der Waals surface area contributed by atoms with Crippen LogP contribution in [0.25, 0.3) is 11.1 Å². The number of carbonyl (C=O) groups excluding carboxylic acids is 1. The first-order valence-corrected chi connectivity index (χ1v) is 7.45. The molecule has 22 heavy (non-hydrogen) atoms. The van der Waals surface area contributed by atoms with Crippen LogP contribution in [-0.4, -0.2) is 17.6 Å². The van der Waals surface area contributed by atoms with Crippen LogP contribution in [0.15, 0.2) is 36.7 Å². The Balaban J connectivity index is 2.29. The fraction of sp³-hybridized carbons (Fsp3) is 0.333. The van der Waals surface area contributed by atoms with Crippen molar-refractivity contribution in [3.63, 3.8) is 0 Å². The van der Waals surface area contributed by atoms with E-state index in [4.69, 9.17) is 10.5 Å². The number of hydrogen-bond acceptors (Lipinski definition) is 4. The van der Waals surface area contributed by atoms with Crippen molar-refractivity contribution in [3.8, 4) is 11.1 Å². The highest BCUT2D eigenvalue weighted by molar-refractivity contribution is 5.72. The summed E-state index contributed by atoms with van der Waals surface area (Å²) >= 11 is 0. The van der Waals surface area contributed by atoms with E-state index in [1.165, 1.54) is 16.7 Å². The number of ether oxygens (including phenoxy) is 1. The Morgan fingerprint density at radius 1 is 1.27 bits per heavy atom. The van der Waals surface area contributed by atoms with Gasteiger partial charge < -0.3 is 10.5 Å². The Bertz CT molecular complexity index is 648. The zero-order chi connectivity index (χ0) is 16.1. The fourth-order valence-electron chi connectivity index (χ4n) is 2.58. The predicted octanol–water partition coefficient (Wildman–Crippen LogP) is 3.32. The molecule has 0 unspecified atom stereocenters. The van der Waals surface area contributed by atoms with Gasteiger partial charge in [0.2, 0.25) is 0 Å². The van der Waals surface area contributed by atoms with Crippen LogP contribution < -0.4 is 5.73 Å². The lowest BCUT2D eigenvalue weighted by atomic mass is 9.95. The molecule has 0 bridgehead atoms. The van der Waals surface area contributed by atoms with Crippen molar-refractivity contribution in [2.75, 3.05) is 6.61 Å². The maximum absolute atomic E-state index is 11.6. The number of esters is 1. The maximum atomic E-state index is 11.6. The number of nitrogens with zero attached hydrogens (tertiary/aromatic N) is 1. The molecule has 0 saturated carbocycles. The number of benzene rings is 1. The van der Waals surface area contributed by atoms with Crippen molar-refractivity contribution >= 4 is 5.97 Å². The van der Waals surface area contributed by atoms with Crippen LogP contribution in [0.5, 0.6) is 0 Å². The molecule has 0 aliphatic rings. The Kier molecular flexibility index (Phi) is 5.28. The average Bonchev–Trinajstić information content (AvgIpc) is 2.47. The van der Waals surface area contributed by atoms with Crippen molar-refractivity contribution in [2.24, 2.45) is 5.73 Å². The van der Waals surface area contributed by atoms with E-state index in [9.17, 15) is 4.79 Å². The summed E-state index contributed by atoms with van der Waals surface area (Å²) in [6.45, 7) is 6.31. The number of rotatable bonds is 5. The summed E-state index contributed by atoms with van der Waals surface area (Å²) in [7, 11) is 0. The second-order valence-corrected chi connectivity index (χ2v) is 5.39. The van der Waals surface area contributed by atoms with Crippen LogP contribution in [0.1, 0.15) is 36.1 Å². The molecule has 0 aliphatic carbocycles. The van der Waals surface area contributed by atoms with Crippen LogP contribution in [0.4, 0.5) is 0 Å². The van der Waals surface area contributed by atoms with E-state index in [0.717, 1.165) is 11.1 Å². The minimum Gasteiger partial charge on any atom is -0.466 e.